The molecule has 1 aromatic heterocycles. The van der Waals surface area contributed by atoms with Crippen molar-refractivity contribution in [2.24, 2.45) is 0 Å². The number of aromatic nitrogens is 2. The second kappa shape index (κ2) is 8.77. The first-order valence-electron chi connectivity index (χ1n) is 9.64. The fourth-order valence-corrected chi connectivity index (χ4v) is 3.32. The highest BCUT2D eigenvalue weighted by atomic mass is 16.5. The summed E-state index contributed by atoms with van der Waals surface area (Å²) >= 11 is 0. The number of ether oxygens (including phenoxy) is 3. The van der Waals surface area contributed by atoms with Crippen molar-refractivity contribution in [1.29, 1.82) is 0 Å². The fourth-order valence-electron chi connectivity index (χ4n) is 3.32. The number of para-hydroxylation sites is 2. The number of methoxy groups -OCH3 is 1. The van der Waals surface area contributed by atoms with Gasteiger partial charge >= 0.3 is 0 Å². The average molecular weight is 393 g/mol. The molecule has 150 valence electrons. The van der Waals surface area contributed by atoms with Crippen LogP contribution in [0.4, 0.5) is 0 Å². The number of hydrogen-bond donors (Lipinski definition) is 0. The van der Waals surface area contributed by atoms with Crippen molar-refractivity contribution in [2.45, 2.75) is 18.9 Å². The second-order valence-electron chi connectivity index (χ2n) is 6.86. The first-order valence-corrected chi connectivity index (χ1v) is 9.64. The Morgan fingerprint density at radius 2 is 1.83 bits per heavy atom. The van der Waals surface area contributed by atoms with E-state index < -0.39 is 0 Å². The largest absolute Gasteiger partial charge is 0.497 e. The molecule has 1 amide bonds. The van der Waals surface area contributed by atoms with Crippen LogP contribution in [0, 0.1) is 0 Å². The van der Waals surface area contributed by atoms with E-state index in [-0.39, 0.29) is 18.6 Å². The summed E-state index contributed by atoms with van der Waals surface area (Å²) in [5, 5.41) is 0. The summed E-state index contributed by atoms with van der Waals surface area (Å²) in [6, 6.07) is 14.9. The van der Waals surface area contributed by atoms with Crippen LogP contribution < -0.4 is 14.2 Å². The second-order valence-corrected chi connectivity index (χ2v) is 6.86. The van der Waals surface area contributed by atoms with E-state index in [4.69, 9.17) is 14.2 Å². The summed E-state index contributed by atoms with van der Waals surface area (Å²) < 4.78 is 16.8. The number of hydrogen-bond acceptors (Lipinski definition) is 6. The highest BCUT2D eigenvalue weighted by Crippen LogP contribution is 2.21. The molecule has 2 heterocycles. The monoisotopic (exact) mass is 393 g/mol. The summed E-state index contributed by atoms with van der Waals surface area (Å²) in [5.74, 6) is 1.81. The molecule has 1 saturated heterocycles. The molecule has 0 spiro atoms. The first-order chi connectivity index (χ1) is 14.2. The van der Waals surface area contributed by atoms with E-state index in [1.165, 1.54) is 0 Å². The molecule has 0 bridgehead atoms. The van der Waals surface area contributed by atoms with Gasteiger partial charge in [0.15, 0.2) is 6.61 Å². The molecule has 7 heteroatoms. The highest BCUT2D eigenvalue weighted by Gasteiger charge is 2.24. The van der Waals surface area contributed by atoms with Crippen LogP contribution in [-0.4, -0.2) is 53.7 Å². The third-order valence-corrected chi connectivity index (χ3v) is 4.91. The maximum Gasteiger partial charge on any atom is 0.260 e. The van der Waals surface area contributed by atoms with Gasteiger partial charge in [0.05, 0.1) is 24.3 Å². The minimum Gasteiger partial charge on any atom is -0.497 e. The zero-order valence-corrected chi connectivity index (χ0v) is 16.3. The number of nitrogens with zero attached hydrogens (tertiary/aromatic N) is 3. The quantitative estimate of drug-likeness (QED) is 0.641. The van der Waals surface area contributed by atoms with Gasteiger partial charge in [-0.2, -0.15) is 0 Å². The maximum atomic E-state index is 12.4. The summed E-state index contributed by atoms with van der Waals surface area (Å²) in [5.41, 5.74) is 1.66. The molecule has 0 unspecified atom stereocenters. The Morgan fingerprint density at radius 3 is 2.62 bits per heavy atom. The number of rotatable bonds is 6. The van der Waals surface area contributed by atoms with Crippen molar-refractivity contribution in [1.82, 2.24) is 14.9 Å². The molecule has 0 radical (unpaired) electrons. The van der Waals surface area contributed by atoms with Gasteiger partial charge in [0.2, 0.25) is 5.88 Å². The number of likely N-dealkylation sites (tertiary alicyclic amines) is 1. The number of amides is 1. The van der Waals surface area contributed by atoms with Crippen LogP contribution in [0.2, 0.25) is 0 Å². The lowest BCUT2D eigenvalue weighted by molar-refractivity contribution is -0.135. The number of carbonyl (C=O) groups is 1. The van der Waals surface area contributed by atoms with Crippen molar-refractivity contribution in [3.63, 3.8) is 0 Å². The van der Waals surface area contributed by atoms with E-state index in [9.17, 15) is 4.79 Å². The van der Waals surface area contributed by atoms with E-state index in [2.05, 4.69) is 9.97 Å². The molecular weight excluding hydrogens is 370 g/mol. The predicted octanol–water partition coefficient (Wildman–Crippen LogP) is 3.09. The molecule has 1 aliphatic rings. The van der Waals surface area contributed by atoms with Crippen molar-refractivity contribution in [2.75, 3.05) is 26.8 Å². The topological polar surface area (TPSA) is 73.8 Å². The predicted molar refractivity (Wildman–Crippen MR) is 108 cm³/mol. The van der Waals surface area contributed by atoms with Gasteiger partial charge in [0.25, 0.3) is 5.91 Å². The molecule has 0 saturated carbocycles. The van der Waals surface area contributed by atoms with Crippen molar-refractivity contribution < 1.29 is 19.0 Å². The summed E-state index contributed by atoms with van der Waals surface area (Å²) in [6.45, 7) is 1.27. The molecule has 1 fully saturated rings. The van der Waals surface area contributed by atoms with Crippen LogP contribution in [0.3, 0.4) is 0 Å². The van der Waals surface area contributed by atoms with Crippen molar-refractivity contribution in [3.05, 3.63) is 54.7 Å². The van der Waals surface area contributed by atoms with E-state index in [1.807, 2.05) is 41.3 Å². The van der Waals surface area contributed by atoms with Crippen LogP contribution in [-0.2, 0) is 4.79 Å². The van der Waals surface area contributed by atoms with Crippen LogP contribution in [0.25, 0.3) is 11.0 Å². The minimum absolute atomic E-state index is 0.00877. The third kappa shape index (κ3) is 4.74. The Balaban J connectivity index is 1.26. The summed E-state index contributed by atoms with van der Waals surface area (Å²) in [6.07, 6.45) is 3.18. The van der Waals surface area contributed by atoms with E-state index in [0.29, 0.717) is 30.5 Å². The Labute approximate surface area is 169 Å². The van der Waals surface area contributed by atoms with Crippen LogP contribution in [0.1, 0.15) is 12.8 Å². The zero-order valence-electron chi connectivity index (χ0n) is 16.3. The van der Waals surface area contributed by atoms with E-state index in [0.717, 1.165) is 23.9 Å². The van der Waals surface area contributed by atoms with Gasteiger partial charge in [-0.15, -0.1) is 0 Å². The highest BCUT2D eigenvalue weighted by molar-refractivity contribution is 5.78. The zero-order chi connectivity index (χ0) is 20.1. The minimum atomic E-state index is -0.0308. The molecule has 2 aromatic carbocycles. The van der Waals surface area contributed by atoms with E-state index >= 15 is 0 Å². The molecule has 29 heavy (non-hydrogen) atoms. The average Bonchev–Trinajstić information content (AvgIpc) is 2.78. The van der Waals surface area contributed by atoms with Gasteiger partial charge in [0.1, 0.15) is 17.6 Å². The fraction of sp³-hybridized carbons (Fsp3) is 0.318. The number of piperidine rings is 1. The molecule has 0 N–H and O–H groups in total. The van der Waals surface area contributed by atoms with Gasteiger partial charge in [0, 0.05) is 32.0 Å². The van der Waals surface area contributed by atoms with Crippen molar-refractivity contribution in [3.8, 4) is 17.4 Å². The molecule has 3 aromatic rings. The Morgan fingerprint density at radius 1 is 1.07 bits per heavy atom. The first kappa shape index (κ1) is 19.0. The van der Waals surface area contributed by atoms with Crippen LogP contribution in [0.15, 0.2) is 54.7 Å². The lowest BCUT2D eigenvalue weighted by Crippen LogP contribution is -2.43. The maximum absolute atomic E-state index is 12.4. The molecule has 1 aliphatic heterocycles. The third-order valence-electron chi connectivity index (χ3n) is 4.91. The van der Waals surface area contributed by atoms with Crippen LogP contribution in [0.5, 0.6) is 17.4 Å². The Bertz CT molecular complexity index is 986. The number of benzene rings is 2. The molecule has 4 rings (SSSR count). The van der Waals surface area contributed by atoms with Gasteiger partial charge in [-0.1, -0.05) is 18.2 Å². The van der Waals surface area contributed by atoms with Gasteiger partial charge in [-0.3, -0.25) is 4.79 Å². The Hall–Kier alpha value is -3.35. The summed E-state index contributed by atoms with van der Waals surface area (Å²) in [4.78, 5) is 23.1. The van der Waals surface area contributed by atoms with Crippen LogP contribution >= 0.6 is 0 Å². The number of carbonyl (C=O) groups excluding carboxylic acids is 1. The normalized spacial score (nSPS) is 14.6. The standard InChI is InChI=1S/C22H23N3O4/c1-27-17-5-4-6-18(13-17)28-15-22(26)25-11-9-16(10-12-25)29-21-14-23-19-7-2-3-8-20(19)24-21/h2-8,13-14,16H,9-12,15H2,1H3. The lowest BCUT2D eigenvalue weighted by atomic mass is 10.1. The SMILES string of the molecule is COc1cccc(OCC(=O)N2CCC(Oc3cnc4ccccc4n3)CC2)c1. The smallest absolute Gasteiger partial charge is 0.260 e. The molecule has 0 aliphatic carbocycles. The molecule has 0 atom stereocenters. The summed E-state index contributed by atoms with van der Waals surface area (Å²) in [7, 11) is 1.60. The van der Waals surface area contributed by atoms with Gasteiger partial charge in [-0.05, 0) is 24.3 Å². The number of fused-ring (bicyclic) bond motifs is 1. The van der Waals surface area contributed by atoms with Gasteiger partial charge in [-0.25, -0.2) is 9.97 Å². The van der Waals surface area contributed by atoms with Crippen molar-refractivity contribution >= 4 is 16.9 Å². The Kier molecular flexibility index (Phi) is 5.74. The van der Waals surface area contributed by atoms with E-state index in [1.54, 1.807) is 25.4 Å². The van der Waals surface area contributed by atoms with Gasteiger partial charge < -0.3 is 19.1 Å². The molecular formula is C22H23N3O4. The molecule has 7 nitrogen and oxygen atoms in total. The lowest BCUT2D eigenvalue weighted by Gasteiger charge is -2.31.